The minimum Gasteiger partial charge on any atom is -0.480 e. The van der Waals surface area contributed by atoms with E-state index >= 15 is 0 Å². The quantitative estimate of drug-likeness (QED) is 0.563. The number of nitrogens with one attached hydrogen (secondary N) is 1. The van der Waals surface area contributed by atoms with Crippen molar-refractivity contribution < 1.29 is 29.3 Å². The first kappa shape index (κ1) is 15.2. The summed E-state index contributed by atoms with van der Waals surface area (Å²) < 4.78 is 4.86. The molecule has 3 N–H and O–H groups in total. The van der Waals surface area contributed by atoms with Gasteiger partial charge in [0, 0.05) is 6.54 Å². The lowest BCUT2D eigenvalue weighted by Gasteiger charge is -2.24. The van der Waals surface area contributed by atoms with Crippen LogP contribution in [-0.2, 0) is 14.3 Å². The Morgan fingerprint density at radius 3 is 2.68 bits per heavy atom. The van der Waals surface area contributed by atoms with Gasteiger partial charge in [0.25, 0.3) is 0 Å². The summed E-state index contributed by atoms with van der Waals surface area (Å²) in [6.07, 6.45) is 1.14. The van der Waals surface area contributed by atoms with Gasteiger partial charge in [0.15, 0.2) is 6.04 Å². The zero-order chi connectivity index (χ0) is 14.4. The van der Waals surface area contributed by atoms with Crippen LogP contribution in [0.3, 0.4) is 0 Å². The van der Waals surface area contributed by atoms with E-state index in [1.807, 2.05) is 0 Å². The molecule has 0 bridgehead atoms. The van der Waals surface area contributed by atoms with E-state index in [9.17, 15) is 14.4 Å². The topological polar surface area (TPSA) is 116 Å². The number of likely N-dealkylation sites (tertiary alicyclic amines) is 1. The molecule has 0 aromatic heterocycles. The summed E-state index contributed by atoms with van der Waals surface area (Å²) in [6.45, 7) is 1.54. The van der Waals surface area contributed by atoms with Gasteiger partial charge in [-0.1, -0.05) is 0 Å². The zero-order valence-corrected chi connectivity index (χ0v) is 10.7. The Balaban J connectivity index is 2.64. The lowest BCUT2D eigenvalue weighted by molar-refractivity contribution is -0.147. The number of nitrogens with zero attached hydrogens (tertiary/aromatic N) is 1. The fraction of sp³-hybridized carbons (Fsp3) is 0.727. The van der Waals surface area contributed by atoms with Crippen molar-refractivity contribution in [2.75, 3.05) is 19.8 Å². The van der Waals surface area contributed by atoms with Crippen molar-refractivity contribution in [1.29, 1.82) is 0 Å². The Hall–Kier alpha value is -1.83. The minimum absolute atomic E-state index is 0.221. The molecular formula is C11H18N2O6. The Morgan fingerprint density at radius 1 is 1.47 bits per heavy atom. The summed E-state index contributed by atoms with van der Waals surface area (Å²) in [6, 6.07) is -2.75. The molecule has 2 amide bonds. The third kappa shape index (κ3) is 3.82. The Bertz CT molecular complexity index is 359. The molecule has 1 rings (SSSR count). The fourth-order valence-corrected chi connectivity index (χ4v) is 1.91. The standard InChI is InChI=1S/C11H18N2O6/c1-2-19-10(17)8-4-3-5-13(8)11(18)12-7(6-14)9(15)16/h7-8,14H,2-6H2,1H3,(H,12,18)(H,15,16). The van der Waals surface area contributed by atoms with Crippen molar-refractivity contribution in [3.05, 3.63) is 0 Å². The monoisotopic (exact) mass is 274 g/mol. The smallest absolute Gasteiger partial charge is 0.328 e. The number of hydrogen-bond donors (Lipinski definition) is 3. The number of carboxylic acids is 1. The highest BCUT2D eigenvalue weighted by Gasteiger charge is 2.36. The van der Waals surface area contributed by atoms with Crippen LogP contribution in [0, 0.1) is 0 Å². The molecular weight excluding hydrogens is 256 g/mol. The minimum atomic E-state index is -1.38. The second kappa shape index (κ2) is 6.93. The van der Waals surface area contributed by atoms with Crippen molar-refractivity contribution in [2.45, 2.75) is 31.8 Å². The van der Waals surface area contributed by atoms with Gasteiger partial charge in [-0.3, -0.25) is 0 Å². The van der Waals surface area contributed by atoms with Crippen LogP contribution in [0.4, 0.5) is 4.79 Å². The molecule has 0 radical (unpaired) electrons. The number of aliphatic hydroxyl groups excluding tert-OH is 1. The third-order valence-electron chi connectivity index (χ3n) is 2.85. The first-order valence-corrected chi connectivity index (χ1v) is 6.08. The molecule has 1 heterocycles. The highest BCUT2D eigenvalue weighted by atomic mass is 16.5. The number of amides is 2. The Kier molecular flexibility index (Phi) is 5.56. The van der Waals surface area contributed by atoms with Crippen molar-refractivity contribution in [1.82, 2.24) is 10.2 Å². The van der Waals surface area contributed by atoms with Gasteiger partial charge in [-0.25, -0.2) is 14.4 Å². The largest absolute Gasteiger partial charge is 0.480 e. The predicted molar refractivity (Wildman–Crippen MR) is 63.4 cm³/mol. The van der Waals surface area contributed by atoms with Gasteiger partial charge < -0.3 is 25.2 Å². The maximum absolute atomic E-state index is 11.9. The predicted octanol–water partition coefficient (Wildman–Crippen LogP) is -0.831. The molecule has 1 fully saturated rings. The van der Waals surface area contributed by atoms with Gasteiger partial charge in [-0.05, 0) is 19.8 Å². The number of rotatable bonds is 5. The summed E-state index contributed by atoms with van der Waals surface area (Å²) in [4.78, 5) is 35.5. The molecule has 108 valence electrons. The van der Waals surface area contributed by atoms with Gasteiger partial charge in [-0.15, -0.1) is 0 Å². The fourth-order valence-electron chi connectivity index (χ4n) is 1.91. The molecule has 0 saturated carbocycles. The van der Waals surface area contributed by atoms with Crippen molar-refractivity contribution in [3.8, 4) is 0 Å². The number of aliphatic hydroxyl groups is 1. The number of urea groups is 1. The van der Waals surface area contributed by atoms with Crippen LogP contribution in [-0.4, -0.2) is 64.9 Å². The van der Waals surface area contributed by atoms with Crippen LogP contribution >= 0.6 is 0 Å². The van der Waals surface area contributed by atoms with Gasteiger partial charge in [-0.2, -0.15) is 0 Å². The second-order valence-corrected chi connectivity index (χ2v) is 4.13. The molecule has 19 heavy (non-hydrogen) atoms. The first-order chi connectivity index (χ1) is 9.01. The highest BCUT2D eigenvalue weighted by Crippen LogP contribution is 2.18. The van der Waals surface area contributed by atoms with Gasteiger partial charge in [0.2, 0.25) is 0 Å². The number of hydrogen-bond acceptors (Lipinski definition) is 5. The summed E-state index contributed by atoms with van der Waals surface area (Å²) in [5, 5.41) is 19.7. The molecule has 0 aromatic carbocycles. The zero-order valence-electron chi connectivity index (χ0n) is 10.7. The SMILES string of the molecule is CCOC(=O)C1CCCN1C(=O)NC(CO)C(=O)O. The Labute approximate surface area is 110 Å². The number of carbonyl (C=O) groups excluding carboxylic acids is 2. The third-order valence-corrected chi connectivity index (χ3v) is 2.85. The molecule has 1 saturated heterocycles. The molecule has 2 unspecified atom stereocenters. The second-order valence-electron chi connectivity index (χ2n) is 4.13. The molecule has 1 aliphatic rings. The van der Waals surface area contributed by atoms with Crippen LogP contribution < -0.4 is 5.32 Å². The van der Waals surface area contributed by atoms with Crippen LogP contribution in [0.2, 0.25) is 0 Å². The molecule has 8 nitrogen and oxygen atoms in total. The van der Waals surface area contributed by atoms with E-state index in [0.717, 1.165) is 0 Å². The van der Waals surface area contributed by atoms with Gasteiger partial charge >= 0.3 is 18.0 Å². The van der Waals surface area contributed by atoms with Crippen molar-refractivity contribution >= 4 is 18.0 Å². The van der Waals surface area contributed by atoms with Crippen LogP contribution in [0.15, 0.2) is 0 Å². The average molecular weight is 274 g/mol. The highest BCUT2D eigenvalue weighted by molar-refractivity contribution is 5.87. The van der Waals surface area contributed by atoms with E-state index in [4.69, 9.17) is 14.9 Å². The summed E-state index contributed by atoms with van der Waals surface area (Å²) >= 11 is 0. The summed E-state index contributed by atoms with van der Waals surface area (Å²) in [7, 11) is 0. The van der Waals surface area contributed by atoms with E-state index in [-0.39, 0.29) is 6.61 Å². The molecule has 2 atom stereocenters. The lowest BCUT2D eigenvalue weighted by atomic mass is 10.2. The molecule has 1 aliphatic heterocycles. The van der Waals surface area contributed by atoms with E-state index < -0.39 is 36.7 Å². The van der Waals surface area contributed by atoms with E-state index in [0.29, 0.717) is 19.4 Å². The van der Waals surface area contributed by atoms with Crippen molar-refractivity contribution in [2.24, 2.45) is 0 Å². The maximum Gasteiger partial charge on any atom is 0.328 e. The van der Waals surface area contributed by atoms with E-state index in [1.165, 1.54) is 4.90 Å². The molecule has 0 spiro atoms. The van der Waals surface area contributed by atoms with E-state index in [2.05, 4.69) is 5.32 Å². The number of carbonyl (C=O) groups is 3. The van der Waals surface area contributed by atoms with Crippen LogP contribution in [0.25, 0.3) is 0 Å². The number of carboxylic acid groups (broad SMARTS) is 1. The van der Waals surface area contributed by atoms with Crippen LogP contribution in [0.1, 0.15) is 19.8 Å². The number of esters is 1. The maximum atomic E-state index is 11.9. The first-order valence-electron chi connectivity index (χ1n) is 6.08. The number of aliphatic carboxylic acids is 1. The van der Waals surface area contributed by atoms with Gasteiger partial charge in [0.1, 0.15) is 6.04 Å². The number of ether oxygens (including phenoxy) is 1. The Morgan fingerprint density at radius 2 is 2.16 bits per heavy atom. The summed E-state index contributed by atoms with van der Waals surface area (Å²) in [5.74, 6) is -1.83. The molecule has 0 aliphatic carbocycles. The van der Waals surface area contributed by atoms with E-state index in [1.54, 1.807) is 6.92 Å². The lowest BCUT2D eigenvalue weighted by Crippen LogP contribution is -2.52. The van der Waals surface area contributed by atoms with Crippen LogP contribution in [0.5, 0.6) is 0 Å². The summed E-state index contributed by atoms with van der Waals surface area (Å²) in [5.41, 5.74) is 0. The molecule has 8 heteroatoms. The normalized spacial score (nSPS) is 19.9. The average Bonchev–Trinajstić information content (AvgIpc) is 2.84. The van der Waals surface area contributed by atoms with Crippen molar-refractivity contribution in [3.63, 3.8) is 0 Å². The van der Waals surface area contributed by atoms with Gasteiger partial charge in [0.05, 0.1) is 13.2 Å². The molecule has 0 aromatic rings.